The van der Waals surface area contributed by atoms with Gasteiger partial charge in [-0.3, -0.25) is 0 Å². The van der Waals surface area contributed by atoms with Crippen LogP contribution in [0.5, 0.6) is 0 Å². The van der Waals surface area contributed by atoms with Crippen molar-refractivity contribution in [2.75, 3.05) is 32.1 Å². The highest BCUT2D eigenvalue weighted by atomic mass is 19.1. The van der Waals surface area contributed by atoms with Crippen LogP contribution in [0.4, 0.5) is 14.6 Å². The van der Waals surface area contributed by atoms with Crippen LogP contribution in [0.3, 0.4) is 0 Å². The predicted molar refractivity (Wildman–Crippen MR) is 84.9 cm³/mol. The van der Waals surface area contributed by atoms with Crippen molar-refractivity contribution in [2.45, 2.75) is 6.54 Å². The zero-order chi connectivity index (χ0) is 16.8. The molecule has 1 heterocycles. The molecule has 0 saturated heterocycles. The van der Waals surface area contributed by atoms with Gasteiger partial charge in [0.1, 0.15) is 29.2 Å². The first-order valence-corrected chi connectivity index (χ1v) is 7.20. The second-order valence-electron chi connectivity index (χ2n) is 5.45. The Morgan fingerprint density at radius 3 is 2.57 bits per heavy atom. The number of halogens is 2. The summed E-state index contributed by atoms with van der Waals surface area (Å²) in [6.45, 7) is 1.59. The molecule has 0 saturated carbocycles. The molecule has 0 unspecified atom stereocenters. The molecule has 0 radical (unpaired) electrons. The third-order valence-electron chi connectivity index (χ3n) is 3.37. The Balaban J connectivity index is 2.27. The summed E-state index contributed by atoms with van der Waals surface area (Å²) in [4.78, 5) is 8.14. The van der Waals surface area contributed by atoms with Gasteiger partial charge < -0.3 is 9.80 Å². The molecule has 23 heavy (non-hydrogen) atoms. The highest BCUT2D eigenvalue weighted by Crippen LogP contribution is 2.18. The summed E-state index contributed by atoms with van der Waals surface area (Å²) in [6, 6.07) is 10.7. The molecule has 0 aliphatic rings. The molecule has 0 bridgehead atoms. The number of benzene rings is 1. The van der Waals surface area contributed by atoms with Crippen molar-refractivity contribution in [3.8, 4) is 6.07 Å². The summed E-state index contributed by atoms with van der Waals surface area (Å²) in [5, 5.41) is 8.99. The van der Waals surface area contributed by atoms with E-state index in [4.69, 9.17) is 5.26 Å². The van der Waals surface area contributed by atoms with E-state index in [9.17, 15) is 8.78 Å². The highest BCUT2D eigenvalue weighted by molar-refractivity contribution is 5.42. The van der Waals surface area contributed by atoms with Gasteiger partial charge in [-0.05, 0) is 32.3 Å². The van der Waals surface area contributed by atoms with Crippen molar-refractivity contribution in [2.24, 2.45) is 0 Å². The van der Waals surface area contributed by atoms with E-state index >= 15 is 0 Å². The Kier molecular flexibility index (Phi) is 5.61. The van der Waals surface area contributed by atoms with E-state index in [-0.39, 0.29) is 6.54 Å². The van der Waals surface area contributed by atoms with E-state index in [0.29, 0.717) is 23.6 Å². The van der Waals surface area contributed by atoms with Gasteiger partial charge in [0, 0.05) is 31.3 Å². The van der Waals surface area contributed by atoms with Gasteiger partial charge in [0.05, 0.1) is 0 Å². The molecule has 0 aliphatic carbocycles. The molecule has 0 fully saturated rings. The lowest BCUT2D eigenvalue weighted by Gasteiger charge is -2.25. The lowest BCUT2D eigenvalue weighted by molar-refractivity contribution is 0.411. The first-order chi connectivity index (χ1) is 11.0. The first kappa shape index (κ1) is 16.8. The Labute approximate surface area is 134 Å². The van der Waals surface area contributed by atoms with E-state index in [1.807, 2.05) is 30.0 Å². The third-order valence-corrected chi connectivity index (χ3v) is 3.37. The van der Waals surface area contributed by atoms with Crippen LogP contribution in [0.1, 0.15) is 11.3 Å². The van der Waals surface area contributed by atoms with E-state index in [0.717, 1.165) is 12.6 Å². The lowest BCUT2D eigenvalue weighted by atomic mass is 10.2. The maximum Gasteiger partial charge on any atom is 0.142 e. The fourth-order valence-electron chi connectivity index (χ4n) is 2.11. The Morgan fingerprint density at radius 1 is 1.13 bits per heavy atom. The predicted octanol–water partition coefficient (Wildman–Crippen LogP) is 2.80. The Bertz CT molecular complexity index is 710. The van der Waals surface area contributed by atoms with Gasteiger partial charge in [0.2, 0.25) is 0 Å². The van der Waals surface area contributed by atoms with Crippen LogP contribution >= 0.6 is 0 Å². The first-order valence-electron chi connectivity index (χ1n) is 7.20. The second-order valence-corrected chi connectivity index (χ2v) is 5.45. The lowest BCUT2D eigenvalue weighted by Crippen LogP contribution is -2.32. The molecular weight excluding hydrogens is 298 g/mol. The van der Waals surface area contributed by atoms with Crippen molar-refractivity contribution < 1.29 is 8.78 Å². The molecule has 0 spiro atoms. The van der Waals surface area contributed by atoms with Gasteiger partial charge in [0.15, 0.2) is 0 Å². The molecule has 6 heteroatoms. The normalized spacial score (nSPS) is 10.6. The summed E-state index contributed by atoms with van der Waals surface area (Å²) < 4.78 is 27.0. The molecule has 4 nitrogen and oxygen atoms in total. The summed E-state index contributed by atoms with van der Waals surface area (Å²) in [5.74, 6) is -0.596. The van der Waals surface area contributed by atoms with E-state index < -0.39 is 11.6 Å². The van der Waals surface area contributed by atoms with Crippen molar-refractivity contribution in [3.05, 3.63) is 59.3 Å². The average Bonchev–Trinajstić information content (AvgIpc) is 2.53. The largest absolute Gasteiger partial charge is 0.351 e. The smallest absolute Gasteiger partial charge is 0.142 e. The van der Waals surface area contributed by atoms with Crippen LogP contribution in [0.25, 0.3) is 0 Å². The van der Waals surface area contributed by atoms with Crippen LogP contribution in [-0.2, 0) is 6.54 Å². The number of nitriles is 1. The minimum Gasteiger partial charge on any atom is -0.351 e. The molecule has 120 valence electrons. The van der Waals surface area contributed by atoms with E-state index in [2.05, 4.69) is 4.98 Å². The minimum absolute atomic E-state index is 0.252. The summed E-state index contributed by atoms with van der Waals surface area (Å²) in [6.07, 6.45) is 0. The Morgan fingerprint density at radius 2 is 1.91 bits per heavy atom. The van der Waals surface area contributed by atoms with Crippen molar-refractivity contribution in [1.82, 2.24) is 9.88 Å². The number of pyridine rings is 1. The van der Waals surface area contributed by atoms with Gasteiger partial charge in [-0.1, -0.05) is 12.1 Å². The molecule has 2 rings (SSSR count). The van der Waals surface area contributed by atoms with E-state index in [1.165, 1.54) is 12.1 Å². The number of anilines is 1. The zero-order valence-corrected chi connectivity index (χ0v) is 13.1. The van der Waals surface area contributed by atoms with Crippen molar-refractivity contribution >= 4 is 5.82 Å². The maximum absolute atomic E-state index is 13.9. The standard InChI is InChI=1S/C17H18F2N4/c1-22(2)8-9-23(17-5-3-4-15(11-20)21-17)12-13-6-7-14(18)10-16(13)19/h3-7,10H,8-9,12H2,1-2H3. The summed E-state index contributed by atoms with van der Waals surface area (Å²) >= 11 is 0. The molecular formula is C17H18F2N4. The highest BCUT2D eigenvalue weighted by Gasteiger charge is 2.13. The van der Waals surface area contributed by atoms with Crippen LogP contribution in [0.2, 0.25) is 0 Å². The number of nitrogens with zero attached hydrogens (tertiary/aromatic N) is 4. The molecule has 0 N–H and O–H groups in total. The number of aromatic nitrogens is 1. The van der Waals surface area contributed by atoms with Gasteiger partial charge in [-0.2, -0.15) is 5.26 Å². The summed E-state index contributed by atoms with van der Waals surface area (Å²) in [7, 11) is 3.88. The van der Waals surface area contributed by atoms with Crippen LogP contribution in [-0.4, -0.2) is 37.1 Å². The zero-order valence-electron chi connectivity index (χ0n) is 13.1. The van der Waals surface area contributed by atoms with Gasteiger partial charge in [-0.25, -0.2) is 13.8 Å². The second kappa shape index (κ2) is 7.65. The molecule has 2 aromatic rings. The van der Waals surface area contributed by atoms with Crippen LogP contribution in [0.15, 0.2) is 36.4 Å². The maximum atomic E-state index is 13.9. The topological polar surface area (TPSA) is 43.2 Å². The number of rotatable bonds is 6. The Hall–Kier alpha value is -2.52. The molecule has 1 aromatic heterocycles. The number of likely N-dealkylation sites (N-methyl/N-ethyl adjacent to an activating group) is 1. The summed E-state index contributed by atoms with van der Waals surface area (Å²) in [5.41, 5.74) is 0.686. The van der Waals surface area contributed by atoms with Crippen LogP contribution < -0.4 is 4.90 Å². The number of hydrogen-bond acceptors (Lipinski definition) is 4. The third kappa shape index (κ3) is 4.73. The molecule has 0 amide bonds. The van der Waals surface area contributed by atoms with Gasteiger partial charge in [0.25, 0.3) is 0 Å². The fourth-order valence-corrected chi connectivity index (χ4v) is 2.11. The molecule has 0 aliphatic heterocycles. The monoisotopic (exact) mass is 316 g/mol. The number of hydrogen-bond donors (Lipinski definition) is 0. The average molecular weight is 316 g/mol. The fraction of sp³-hybridized carbons (Fsp3) is 0.294. The quantitative estimate of drug-likeness (QED) is 0.822. The minimum atomic E-state index is -0.601. The van der Waals surface area contributed by atoms with Gasteiger partial charge >= 0.3 is 0 Å². The van der Waals surface area contributed by atoms with E-state index in [1.54, 1.807) is 18.2 Å². The molecule has 0 atom stereocenters. The SMILES string of the molecule is CN(C)CCN(Cc1ccc(F)cc1F)c1cccc(C#N)n1. The van der Waals surface area contributed by atoms with Gasteiger partial charge in [-0.15, -0.1) is 0 Å². The van der Waals surface area contributed by atoms with Crippen molar-refractivity contribution in [3.63, 3.8) is 0 Å². The van der Waals surface area contributed by atoms with Crippen molar-refractivity contribution in [1.29, 1.82) is 5.26 Å². The molecule has 1 aromatic carbocycles. The van der Waals surface area contributed by atoms with Crippen LogP contribution in [0, 0.1) is 23.0 Å².